The van der Waals surface area contributed by atoms with E-state index in [1.54, 1.807) is 0 Å². The highest BCUT2D eigenvalue weighted by Crippen LogP contribution is 2.25. The third kappa shape index (κ3) is 3.53. The second-order valence-electron chi connectivity index (χ2n) is 5.15. The monoisotopic (exact) mass is 247 g/mol. The van der Waals surface area contributed by atoms with Crippen LogP contribution in [0.4, 0.5) is 0 Å². The van der Waals surface area contributed by atoms with Crippen molar-refractivity contribution >= 4 is 0 Å². The minimum Gasteiger partial charge on any atom is -0.314 e. The number of hydrogen-bond acceptors (Lipinski definition) is 3. The van der Waals surface area contributed by atoms with Gasteiger partial charge in [-0.15, -0.1) is 0 Å². The number of nitrogens with one attached hydrogen (secondary N) is 1. The lowest BCUT2D eigenvalue weighted by molar-refractivity contribution is 0.160. The van der Waals surface area contributed by atoms with Crippen molar-refractivity contribution in [3.63, 3.8) is 0 Å². The Morgan fingerprint density at radius 2 is 2.11 bits per heavy atom. The van der Waals surface area contributed by atoms with Gasteiger partial charge in [0, 0.05) is 31.9 Å². The van der Waals surface area contributed by atoms with E-state index in [1.165, 1.54) is 25.0 Å². The molecule has 3 heteroatoms. The molecule has 1 aliphatic heterocycles. The highest BCUT2D eigenvalue weighted by Gasteiger charge is 2.22. The van der Waals surface area contributed by atoms with Gasteiger partial charge in [0.15, 0.2) is 0 Å². The van der Waals surface area contributed by atoms with Gasteiger partial charge in [0.1, 0.15) is 0 Å². The quantitative estimate of drug-likeness (QED) is 0.866. The zero-order valence-corrected chi connectivity index (χ0v) is 11.7. The molecule has 18 heavy (non-hydrogen) atoms. The number of nitrogens with zero attached hydrogens (tertiary/aromatic N) is 2. The summed E-state index contributed by atoms with van der Waals surface area (Å²) in [4.78, 5) is 7.33. The van der Waals surface area contributed by atoms with E-state index in [2.05, 4.69) is 42.3 Å². The lowest BCUT2D eigenvalue weighted by atomic mass is 10.0. The zero-order valence-electron chi connectivity index (χ0n) is 11.7. The third-order valence-electron chi connectivity index (χ3n) is 3.67. The molecular formula is C15H25N3. The molecule has 1 aromatic heterocycles. The van der Waals surface area contributed by atoms with E-state index in [4.69, 9.17) is 4.98 Å². The van der Waals surface area contributed by atoms with Crippen molar-refractivity contribution in [3.05, 3.63) is 29.6 Å². The predicted molar refractivity (Wildman–Crippen MR) is 75.7 cm³/mol. The first kappa shape index (κ1) is 13.5. The van der Waals surface area contributed by atoms with Crippen LogP contribution in [0.25, 0.3) is 0 Å². The highest BCUT2D eigenvalue weighted by atomic mass is 15.2. The van der Waals surface area contributed by atoms with Crippen LogP contribution in [0.2, 0.25) is 0 Å². The fourth-order valence-electron chi connectivity index (χ4n) is 2.66. The maximum atomic E-state index is 4.74. The van der Waals surface area contributed by atoms with E-state index in [0.29, 0.717) is 6.04 Å². The Morgan fingerprint density at radius 3 is 2.78 bits per heavy atom. The molecule has 2 heterocycles. The summed E-state index contributed by atoms with van der Waals surface area (Å²) < 4.78 is 0. The normalized spacial score (nSPS) is 18.8. The lowest BCUT2D eigenvalue weighted by Crippen LogP contribution is -2.45. The number of unbranched alkanes of at least 4 members (excludes halogenated alkanes) is 1. The van der Waals surface area contributed by atoms with Crippen LogP contribution in [0.3, 0.4) is 0 Å². The summed E-state index contributed by atoms with van der Waals surface area (Å²) >= 11 is 0. The summed E-state index contributed by atoms with van der Waals surface area (Å²) in [6.07, 6.45) is 3.77. The van der Waals surface area contributed by atoms with E-state index in [9.17, 15) is 0 Å². The Hall–Kier alpha value is -0.930. The Kier molecular flexibility index (Phi) is 5.14. The van der Waals surface area contributed by atoms with Crippen LogP contribution in [0.1, 0.15) is 43.6 Å². The maximum absolute atomic E-state index is 4.74. The smallest absolute Gasteiger partial charge is 0.0578 e. The minimum absolute atomic E-state index is 0.506. The summed E-state index contributed by atoms with van der Waals surface area (Å²) in [6.45, 7) is 8.84. The largest absolute Gasteiger partial charge is 0.314 e. The standard InChI is InChI=1S/C15H25N3/c1-3-4-8-15(18-11-9-16-10-12-18)14-7-5-6-13(2)17-14/h5-7,15-16H,3-4,8-12H2,1-2H3/t15-/m1/s1. The second-order valence-corrected chi connectivity index (χ2v) is 5.15. The summed E-state index contributed by atoms with van der Waals surface area (Å²) in [5.74, 6) is 0. The Labute approximate surface area is 111 Å². The number of piperazine rings is 1. The molecule has 0 radical (unpaired) electrons. The van der Waals surface area contributed by atoms with Crippen molar-refractivity contribution < 1.29 is 0 Å². The zero-order chi connectivity index (χ0) is 12.8. The van der Waals surface area contributed by atoms with Crippen molar-refractivity contribution in [2.45, 2.75) is 39.2 Å². The lowest BCUT2D eigenvalue weighted by Gasteiger charge is -2.34. The van der Waals surface area contributed by atoms with Crippen molar-refractivity contribution in [1.82, 2.24) is 15.2 Å². The van der Waals surface area contributed by atoms with Crippen LogP contribution < -0.4 is 5.32 Å². The van der Waals surface area contributed by atoms with Gasteiger partial charge in [-0.1, -0.05) is 25.8 Å². The van der Waals surface area contributed by atoms with Crippen LogP contribution in [-0.4, -0.2) is 36.1 Å². The Balaban J connectivity index is 2.12. The Morgan fingerprint density at radius 1 is 1.33 bits per heavy atom. The van der Waals surface area contributed by atoms with Gasteiger partial charge in [-0.05, 0) is 25.5 Å². The molecule has 0 bridgehead atoms. The van der Waals surface area contributed by atoms with Crippen LogP contribution in [-0.2, 0) is 0 Å². The molecule has 0 saturated carbocycles. The first-order chi connectivity index (χ1) is 8.81. The van der Waals surface area contributed by atoms with Gasteiger partial charge in [0.2, 0.25) is 0 Å². The van der Waals surface area contributed by atoms with Crippen LogP contribution in [0.5, 0.6) is 0 Å². The molecule has 0 spiro atoms. The van der Waals surface area contributed by atoms with Gasteiger partial charge in [-0.25, -0.2) is 0 Å². The first-order valence-electron chi connectivity index (χ1n) is 7.19. The summed E-state index contributed by atoms with van der Waals surface area (Å²) in [7, 11) is 0. The van der Waals surface area contributed by atoms with Crippen molar-refractivity contribution in [1.29, 1.82) is 0 Å². The Bertz CT molecular complexity index is 359. The number of aromatic nitrogens is 1. The van der Waals surface area contributed by atoms with E-state index < -0.39 is 0 Å². The van der Waals surface area contributed by atoms with Gasteiger partial charge in [-0.3, -0.25) is 9.88 Å². The molecule has 1 atom stereocenters. The molecule has 1 N–H and O–H groups in total. The molecule has 1 saturated heterocycles. The highest BCUT2D eigenvalue weighted by molar-refractivity contribution is 5.14. The minimum atomic E-state index is 0.506. The fraction of sp³-hybridized carbons (Fsp3) is 0.667. The SMILES string of the molecule is CCCC[C@H](c1cccc(C)n1)N1CCNCC1. The topological polar surface area (TPSA) is 28.2 Å². The second kappa shape index (κ2) is 6.86. The number of hydrogen-bond donors (Lipinski definition) is 1. The van der Waals surface area contributed by atoms with Crippen molar-refractivity contribution in [3.8, 4) is 0 Å². The fourth-order valence-corrected chi connectivity index (χ4v) is 2.66. The van der Waals surface area contributed by atoms with Gasteiger partial charge < -0.3 is 5.32 Å². The molecule has 1 fully saturated rings. The van der Waals surface area contributed by atoms with Crippen molar-refractivity contribution in [2.24, 2.45) is 0 Å². The summed E-state index contributed by atoms with van der Waals surface area (Å²) in [5.41, 5.74) is 2.38. The van der Waals surface area contributed by atoms with Gasteiger partial charge >= 0.3 is 0 Å². The molecule has 0 unspecified atom stereocenters. The molecule has 0 aliphatic carbocycles. The molecule has 3 nitrogen and oxygen atoms in total. The van der Waals surface area contributed by atoms with E-state index >= 15 is 0 Å². The number of rotatable bonds is 5. The number of aryl methyl sites for hydroxylation is 1. The molecule has 1 aliphatic rings. The number of pyridine rings is 1. The first-order valence-corrected chi connectivity index (χ1v) is 7.19. The molecular weight excluding hydrogens is 222 g/mol. The predicted octanol–water partition coefficient (Wildman–Crippen LogP) is 2.53. The maximum Gasteiger partial charge on any atom is 0.0578 e. The van der Waals surface area contributed by atoms with Gasteiger partial charge in [0.25, 0.3) is 0 Å². The molecule has 100 valence electrons. The molecule has 1 aromatic rings. The van der Waals surface area contributed by atoms with Crippen LogP contribution >= 0.6 is 0 Å². The van der Waals surface area contributed by atoms with E-state index in [1.807, 2.05) is 0 Å². The van der Waals surface area contributed by atoms with E-state index in [-0.39, 0.29) is 0 Å². The summed E-state index contributed by atoms with van der Waals surface area (Å²) in [5, 5.41) is 3.43. The average molecular weight is 247 g/mol. The molecule has 2 rings (SSSR count). The third-order valence-corrected chi connectivity index (χ3v) is 3.67. The molecule has 0 aromatic carbocycles. The average Bonchev–Trinajstić information content (AvgIpc) is 2.40. The van der Waals surface area contributed by atoms with Crippen molar-refractivity contribution in [2.75, 3.05) is 26.2 Å². The summed E-state index contributed by atoms with van der Waals surface area (Å²) in [6, 6.07) is 6.92. The van der Waals surface area contributed by atoms with Gasteiger partial charge in [-0.2, -0.15) is 0 Å². The van der Waals surface area contributed by atoms with Gasteiger partial charge in [0.05, 0.1) is 11.7 Å². The van der Waals surface area contributed by atoms with Crippen LogP contribution in [0, 0.1) is 6.92 Å². The van der Waals surface area contributed by atoms with Crippen LogP contribution in [0.15, 0.2) is 18.2 Å². The molecule has 0 amide bonds. The van der Waals surface area contributed by atoms with E-state index in [0.717, 1.165) is 31.9 Å².